The van der Waals surface area contributed by atoms with Gasteiger partial charge in [-0.2, -0.15) is 0 Å². The molecule has 96 valence electrons. The second-order valence-electron chi connectivity index (χ2n) is 3.44. The van der Waals surface area contributed by atoms with Crippen molar-refractivity contribution in [3.8, 4) is 0 Å². The summed E-state index contributed by atoms with van der Waals surface area (Å²) in [5.74, 6) is 5.24. The lowest BCUT2D eigenvalue weighted by atomic mass is 10.5. The molecule has 0 aliphatic carbocycles. The summed E-state index contributed by atoms with van der Waals surface area (Å²) in [6, 6.07) is 0. The first-order valence-corrected chi connectivity index (χ1v) is 6.13. The Labute approximate surface area is 107 Å². The molecule has 2 rings (SSSR count). The minimum atomic E-state index is -0.461. The van der Waals surface area contributed by atoms with Crippen molar-refractivity contribution < 1.29 is 9.21 Å². The molecule has 8 nitrogen and oxygen atoms in total. The van der Waals surface area contributed by atoms with Crippen LogP contribution in [0.4, 0.5) is 0 Å². The van der Waals surface area contributed by atoms with Crippen LogP contribution in [0.1, 0.15) is 16.2 Å². The van der Waals surface area contributed by atoms with Gasteiger partial charge in [0.1, 0.15) is 6.26 Å². The van der Waals surface area contributed by atoms with Crippen LogP contribution in [0.3, 0.4) is 0 Å². The van der Waals surface area contributed by atoms with E-state index in [0.29, 0.717) is 17.5 Å². The Morgan fingerprint density at radius 1 is 1.67 bits per heavy atom. The molecule has 2 aromatic rings. The monoisotopic (exact) mass is 268 g/mol. The Morgan fingerprint density at radius 3 is 3.17 bits per heavy atom. The minimum Gasteiger partial charge on any atom is -0.440 e. The van der Waals surface area contributed by atoms with Crippen molar-refractivity contribution in [1.82, 2.24) is 25.4 Å². The van der Waals surface area contributed by atoms with Gasteiger partial charge in [0.25, 0.3) is 11.1 Å². The summed E-state index contributed by atoms with van der Waals surface area (Å²) < 4.78 is 6.75. The van der Waals surface area contributed by atoms with Crippen LogP contribution in [-0.4, -0.2) is 31.6 Å². The molecular formula is C9H12N6O2S. The summed E-state index contributed by atoms with van der Waals surface area (Å²) in [5, 5.41) is 8.11. The van der Waals surface area contributed by atoms with Crippen LogP contribution in [0.25, 0.3) is 0 Å². The highest BCUT2D eigenvalue weighted by atomic mass is 32.2. The summed E-state index contributed by atoms with van der Waals surface area (Å²) >= 11 is 1.47. The van der Waals surface area contributed by atoms with Crippen LogP contribution in [-0.2, 0) is 6.54 Å². The van der Waals surface area contributed by atoms with E-state index in [1.54, 1.807) is 10.9 Å². The number of aromatic nitrogens is 4. The molecule has 0 atom stereocenters. The molecular weight excluding hydrogens is 256 g/mol. The maximum absolute atomic E-state index is 11.1. The van der Waals surface area contributed by atoms with Gasteiger partial charge in [0, 0.05) is 5.75 Å². The van der Waals surface area contributed by atoms with Crippen molar-refractivity contribution in [3.63, 3.8) is 0 Å². The van der Waals surface area contributed by atoms with Crippen LogP contribution in [0.15, 0.2) is 22.1 Å². The molecule has 0 aliphatic heterocycles. The number of amides is 1. The molecule has 18 heavy (non-hydrogen) atoms. The number of nitrogens with one attached hydrogen (secondary N) is 1. The molecule has 0 saturated carbocycles. The van der Waals surface area contributed by atoms with Gasteiger partial charge in [-0.1, -0.05) is 17.0 Å². The first-order chi connectivity index (χ1) is 8.69. The summed E-state index contributed by atoms with van der Waals surface area (Å²) in [7, 11) is 0. The Balaban J connectivity index is 1.83. The van der Waals surface area contributed by atoms with E-state index < -0.39 is 5.91 Å². The number of nitrogens with two attached hydrogens (primary N) is 1. The smallest absolute Gasteiger partial charge is 0.287 e. The van der Waals surface area contributed by atoms with Crippen molar-refractivity contribution in [3.05, 3.63) is 23.8 Å². The zero-order valence-electron chi connectivity index (χ0n) is 9.66. The van der Waals surface area contributed by atoms with E-state index in [1.165, 1.54) is 18.0 Å². The molecule has 0 aliphatic rings. The van der Waals surface area contributed by atoms with Crippen LogP contribution in [0.2, 0.25) is 0 Å². The van der Waals surface area contributed by atoms with Crippen molar-refractivity contribution >= 4 is 17.7 Å². The highest BCUT2D eigenvalue weighted by Gasteiger charge is 2.09. The van der Waals surface area contributed by atoms with Crippen molar-refractivity contribution in [1.29, 1.82) is 0 Å². The molecule has 0 aromatic carbocycles. The van der Waals surface area contributed by atoms with Crippen molar-refractivity contribution in [2.75, 3.05) is 5.75 Å². The zero-order valence-corrected chi connectivity index (χ0v) is 10.5. The van der Waals surface area contributed by atoms with Gasteiger partial charge < -0.3 is 4.42 Å². The lowest BCUT2D eigenvalue weighted by Gasteiger charge is -1.97. The van der Waals surface area contributed by atoms with Crippen LogP contribution < -0.4 is 11.3 Å². The second-order valence-corrected chi connectivity index (χ2v) is 4.49. The van der Waals surface area contributed by atoms with E-state index in [-0.39, 0.29) is 5.69 Å². The van der Waals surface area contributed by atoms with E-state index in [2.05, 4.69) is 15.3 Å². The van der Waals surface area contributed by atoms with Crippen LogP contribution >= 0.6 is 11.8 Å². The fraction of sp³-hybridized carbons (Fsp3) is 0.333. The number of thioether (sulfide) groups is 1. The number of carbonyl (C=O) groups excluding carboxylic acids is 1. The highest BCUT2D eigenvalue weighted by Crippen LogP contribution is 2.16. The van der Waals surface area contributed by atoms with E-state index in [0.717, 1.165) is 5.69 Å². The van der Waals surface area contributed by atoms with E-state index in [9.17, 15) is 4.79 Å². The molecule has 0 fully saturated rings. The number of rotatable bonds is 5. The summed E-state index contributed by atoms with van der Waals surface area (Å²) in [6.07, 6.45) is 3.13. The Morgan fingerprint density at radius 2 is 2.50 bits per heavy atom. The molecule has 0 unspecified atom stereocenters. The third-order valence-electron chi connectivity index (χ3n) is 2.05. The number of oxazole rings is 1. The summed E-state index contributed by atoms with van der Waals surface area (Å²) in [6.45, 7) is 2.46. The normalized spacial score (nSPS) is 10.6. The molecule has 2 aromatic heterocycles. The minimum absolute atomic E-state index is 0.189. The standard InChI is InChI=1S/C9H12N6O2S/c1-6-5-17-9(11-6)18-3-2-15-4-7(13-14-15)8(16)12-10/h4-5H,2-3,10H2,1H3,(H,12,16). The number of nitrogen functional groups attached to an aromatic ring is 1. The van der Waals surface area contributed by atoms with E-state index in [1.807, 2.05) is 12.3 Å². The Bertz CT molecular complexity index is 537. The lowest BCUT2D eigenvalue weighted by molar-refractivity contribution is 0.0948. The first kappa shape index (κ1) is 12.6. The number of hydrogen-bond donors (Lipinski definition) is 2. The zero-order chi connectivity index (χ0) is 13.0. The molecule has 3 N–H and O–H groups in total. The quantitative estimate of drug-likeness (QED) is 0.339. The number of aryl methyl sites for hydroxylation is 2. The van der Waals surface area contributed by atoms with Crippen molar-refractivity contribution in [2.24, 2.45) is 5.84 Å². The second kappa shape index (κ2) is 5.65. The third kappa shape index (κ3) is 3.08. The van der Waals surface area contributed by atoms with Crippen molar-refractivity contribution in [2.45, 2.75) is 18.7 Å². The number of nitrogens with zero attached hydrogens (tertiary/aromatic N) is 4. The molecule has 0 bridgehead atoms. The molecule has 0 saturated heterocycles. The summed E-state index contributed by atoms with van der Waals surface area (Å²) in [5.41, 5.74) is 3.03. The Hall–Kier alpha value is -1.87. The largest absolute Gasteiger partial charge is 0.440 e. The SMILES string of the molecule is Cc1coc(SCCn2cc(C(=O)NN)nn2)n1. The number of hydrogen-bond acceptors (Lipinski definition) is 7. The van der Waals surface area contributed by atoms with Gasteiger partial charge in [-0.3, -0.25) is 14.9 Å². The molecule has 2 heterocycles. The molecule has 0 radical (unpaired) electrons. The van der Waals surface area contributed by atoms with Gasteiger partial charge in [-0.25, -0.2) is 10.8 Å². The predicted octanol–water partition coefficient (Wildman–Crippen LogP) is -0.0297. The number of hydrazine groups is 1. The van der Waals surface area contributed by atoms with Crippen LogP contribution in [0.5, 0.6) is 0 Å². The predicted molar refractivity (Wildman–Crippen MR) is 63.6 cm³/mol. The average Bonchev–Trinajstić information content (AvgIpc) is 2.98. The molecule has 1 amide bonds. The van der Waals surface area contributed by atoms with Gasteiger partial charge in [-0.05, 0) is 6.92 Å². The topological polar surface area (TPSA) is 112 Å². The lowest BCUT2D eigenvalue weighted by Crippen LogP contribution is -2.30. The maximum Gasteiger partial charge on any atom is 0.287 e. The maximum atomic E-state index is 11.1. The first-order valence-electron chi connectivity index (χ1n) is 5.15. The molecule has 9 heteroatoms. The summed E-state index contributed by atoms with van der Waals surface area (Å²) in [4.78, 5) is 15.3. The van der Waals surface area contributed by atoms with Gasteiger partial charge in [0.05, 0.1) is 18.4 Å². The van der Waals surface area contributed by atoms with Gasteiger partial charge in [0.2, 0.25) is 0 Å². The average molecular weight is 268 g/mol. The van der Waals surface area contributed by atoms with Gasteiger partial charge >= 0.3 is 0 Å². The van der Waals surface area contributed by atoms with Crippen LogP contribution in [0, 0.1) is 6.92 Å². The van der Waals surface area contributed by atoms with E-state index >= 15 is 0 Å². The highest BCUT2D eigenvalue weighted by molar-refractivity contribution is 7.99. The number of carbonyl (C=O) groups is 1. The Kier molecular flexibility index (Phi) is 3.95. The van der Waals surface area contributed by atoms with E-state index in [4.69, 9.17) is 10.3 Å². The molecule has 0 spiro atoms. The third-order valence-corrected chi connectivity index (χ3v) is 2.87. The van der Waals surface area contributed by atoms with Gasteiger partial charge in [0.15, 0.2) is 5.69 Å². The fourth-order valence-electron chi connectivity index (χ4n) is 1.21. The fourth-order valence-corrected chi connectivity index (χ4v) is 1.99. The van der Waals surface area contributed by atoms with Gasteiger partial charge in [-0.15, -0.1) is 5.10 Å².